The third-order valence-corrected chi connectivity index (χ3v) is 6.04. The summed E-state index contributed by atoms with van der Waals surface area (Å²) in [6.07, 6.45) is 2.42. The molecule has 0 radical (unpaired) electrons. The third kappa shape index (κ3) is 6.05. The molecule has 0 unspecified atom stereocenters. The van der Waals surface area contributed by atoms with Crippen molar-refractivity contribution >= 4 is 5.91 Å². The van der Waals surface area contributed by atoms with Crippen molar-refractivity contribution in [2.45, 2.75) is 38.0 Å². The van der Waals surface area contributed by atoms with Gasteiger partial charge >= 0.3 is 0 Å². The van der Waals surface area contributed by atoms with Gasteiger partial charge < -0.3 is 29.2 Å². The van der Waals surface area contributed by atoms with E-state index in [9.17, 15) is 4.79 Å². The SMILES string of the molecule is COCCCOc1cc(CN(C(=O)[C@H]2CNCCO2)C2CC2)c(-c2ccccc2)cc1OC. The van der Waals surface area contributed by atoms with Crippen LogP contribution in [0.15, 0.2) is 42.5 Å². The molecule has 0 aromatic heterocycles. The second-order valence-corrected chi connectivity index (χ2v) is 8.48. The number of rotatable bonds is 11. The molecule has 2 fully saturated rings. The van der Waals surface area contributed by atoms with Crippen molar-refractivity contribution in [3.63, 3.8) is 0 Å². The van der Waals surface area contributed by atoms with Crippen LogP contribution >= 0.6 is 0 Å². The van der Waals surface area contributed by atoms with Crippen LogP contribution in [0.2, 0.25) is 0 Å². The fraction of sp³-hybridized carbons (Fsp3) is 0.500. The van der Waals surface area contributed by atoms with Crippen molar-refractivity contribution in [2.75, 3.05) is 47.1 Å². The van der Waals surface area contributed by atoms with Gasteiger partial charge in [0.15, 0.2) is 11.5 Å². The molecule has 1 saturated heterocycles. The van der Waals surface area contributed by atoms with Crippen molar-refractivity contribution < 1.29 is 23.7 Å². The number of carbonyl (C=O) groups is 1. The Balaban J connectivity index is 1.65. The average molecular weight is 455 g/mol. The predicted molar refractivity (Wildman–Crippen MR) is 127 cm³/mol. The number of hydrogen-bond donors (Lipinski definition) is 1. The maximum Gasteiger partial charge on any atom is 0.253 e. The number of morpholine rings is 1. The van der Waals surface area contributed by atoms with E-state index in [0.29, 0.717) is 44.4 Å². The number of amides is 1. The zero-order chi connectivity index (χ0) is 23.0. The number of methoxy groups -OCH3 is 2. The van der Waals surface area contributed by atoms with Crippen LogP contribution in [0.25, 0.3) is 11.1 Å². The van der Waals surface area contributed by atoms with E-state index in [1.807, 2.05) is 35.2 Å². The molecule has 1 heterocycles. The van der Waals surface area contributed by atoms with Crippen molar-refractivity contribution in [1.82, 2.24) is 10.2 Å². The van der Waals surface area contributed by atoms with Gasteiger partial charge in [-0.15, -0.1) is 0 Å². The van der Waals surface area contributed by atoms with Gasteiger partial charge in [-0.05, 0) is 41.7 Å². The van der Waals surface area contributed by atoms with Crippen LogP contribution in [-0.2, 0) is 20.8 Å². The first-order valence-corrected chi connectivity index (χ1v) is 11.7. The van der Waals surface area contributed by atoms with Crippen LogP contribution in [-0.4, -0.2) is 70.1 Å². The van der Waals surface area contributed by atoms with E-state index < -0.39 is 6.10 Å². The largest absolute Gasteiger partial charge is 0.493 e. The summed E-state index contributed by atoms with van der Waals surface area (Å²) in [7, 11) is 3.33. The normalized spacial score (nSPS) is 18.1. The number of hydrogen-bond acceptors (Lipinski definition) is 6. The van der Waals surface area contributed by atoms with Crippen LogP contribution in [0.5, 0.6) is 11.5 Å². The van der Waals surface area contributed by atoms with Crippen molar-refractivity contribution in [3.8, 4) is 22.6 Å². The molecular weight excluding hydrogens is 420 g/mol. The van der Waals surface area contributed by atoms with E-state index in [-0.39, 0.29) is 11.9 Å². The Kier molecular flexibility index (Phi) is 8.20. The van der Waals surface area contributed by atoms with Gasteiger partial charge in [0.1, 0.15) is 6.10 Å². The number of carbonyl (C=O) groups excluding carboxylic acids is 1. The molecule has 1 amide bonds. The van der Waals surface area contributed by atoms with Gasteiger partial charge in [-0.25, -0.2) is 0 Å². The molecule has 2 aliphatic rings. The minimum Gasteiger partial charge on any atom is -0.493 e. The first kappa shape index (κ1) is 23.5. The summed E-state index contributed by atoms with van der Waals surface area (Å²) in [6, 6.07) is 14.5. The number of benzene rings is 2. The van der Waals surface area contributed by atoms with Crippen molar-refractivity contribution in [2.24, 2.45) is 0 Å². The monoisotopic (exact) mass is 454 g/mol. The maximum atomic E-state index is 13.4. The van der Waals surface area contributed by atoms with Crippen LogP contribution in [0, 0.1) is 0 Å². The second-order valence-electron chi connectivity index (χ2n) is 8.48. The Morgan fingerprint density at radius 3 is 2.61 bits per heavy atom. The van der Waals surface area contributed by atoms with E-state index in [1.54, 1.807) is 14.2 Å². The smallest absolute Gasteiger partial charge is 0.253 e. The van der Waals surface area contributed by atoms with Gasteiger partial charge in [-0.3, -0.25) is 4.79 Å². The standard InChI is InChI=1S/C26H34N2O5/c1-30-12-6-13-32-24-15-20(22(16-23(24)31-2)19-7-4-3-5-8-19)18-28(21-9-10-21)26(29)25-17-27-11-14-33-25/h3-5,7-8,15-16,21,25,27H,6,9-14,17-18H2,1-2H3/t25-/m1/s1. The Morgan fingerprint density at radius 1 is 1.12 bits per heavy atom. The zero-order valence-electron chi connectivity index (χ0n) is 19.5. The summed E-state index contributed by atoms with van der Waals surface area (Å²) >= 11 is 0. The molecule has 0 bridgehead atoms. The molecule has 33 heavy (non-hydrogen) atoms. The summed E-state index contributed by atoms with van der Waals surface area (Å²) in [4.78, 5) is 15.4. The average Bonchev–Trinajstić information content (AvgIpc) is 3.71. The highest BCUT2D eigenvalue weighted by Gasteiger charge is 2.37. The highest BCUT2D eigenvalue weighted by atomic mass is 16.5. The number of nitrogens with zero attached hydrogens (tertiary/aromatic N) is 1. The molecule has 1 N–H and O–H groups in total. The van der Waals surface area contributed by atoms with Gasteiger partial charge in [0.2, 0.25) is 0 Å². The minimum absolute atomic E-state index is 0.0575. The Bertz CT molecular complexity index is 910. The molecule has 7 heteroatoms. The lowest BCUT2D eigenvalue weighted by molar-refractivity contribution is -0.146. The molecule has 4 rings (SSSR count). The molecular formula is C26H34N2O5. The summed E-state index contributed by atoms with van der Waals surface area (Å²) in [5, 5.41) is 3.27. The van der Waals surface area contributed by atoms with Crippen molar-refractivity contribution in [3.05, 3.63) is 48.0 Å². The summed E-state index contributed by atoms with van der Waals surface area (Å²) in [5.41, 5.74) is 3.15. The fourth-order valence-corrected chi connectivity index (χ4v) is 4.14. The first-order chi connectivity index (χ1) is 16.2. The topological polar surface area (TPSA) is 69.3 Å². The lowest BCUT2D eigenvalue weighted by Crippen LogP contribution is -2.49. The lowest BCUT2D eigenvalue weighted by atomic mass is 9.98. The van der Waals surface area contributed by atoms with E-state index in [4.69, 9.17) is 18.9 Å². The molecule has 0 spiro atoms. The third-order valence-electron chi connectivity index (χ3n) is 6.04. The van der Waals surface area contributed by atoms with E-state index >= 15 is 0 Å². The second kappa shape index (κ2) is 11.5. The Hall–Kier alpha value is -2.61. The Labute approximate surface area is 196 Å². The van der Waals surface area contributed by atoms with E-state index in [0.717, 1.165) is 42.5 Å². The fourth-order valence-electron chi connectivity index (χ4n) is 4.14. The predicted octanol–water partition coefficient (Wildman–Crippen LogP) is 3.26. The van der Waals surface area contributed by atoms with Gasteiger partial charge in [-0.2, -0.15) is 0 Å². The quantitative estimate of drug-likeness (QED) is 0.526. The zero-order valence-corrected chi connectivity index (χ0v) is 19.5. The first-order valence-electron chi connectivity index (χ1n) is 11.7. The molecule has 1 aliphatic heterocycles. The Morgan fingerprint density at radius 2 is 1.94 bits per heavy atom. The lowest BCUT2D eigenvalue weighted by Gasteiger charge is -2.31. The minimum atomic E-state index is -0.428. The van der Waals surface area contributed by atoms with Crippen LogP contribution in [0.1, 0.15) is 24.8 Å². The summed E-state index contributed by atoms with van der Waals surface area (Å²) < 4.78 is 22.6. The number of nitrogens with one attached hydrogen (secondary N) is 1. The number of ether oxygens (including phenoxy) is 4. The van der Waals surface area contributed by atoms with Gasteiger partial charge in [0, 0.05) is 45.8 Å². The molecule has 1 atom stereocenters. The molecule has 178 valence electrons. The van der Waals surface area contributed by atoms with Gasteiger partial charge in [0.05, 0.1) is 20.3 Å². The van der Waals surface area contributed by atoms with Crippen LogP contribution in [0.4, 0.5) is 0 Å². The van der Waals surface area contributed by atoms with Crippen molar-refractivity contribution in [1.29, 1.82) is 0 Å². The highest BCUT2D eigenvalue weighted by Crippen LogP contribution is 2.38. The van der Waals surface area contributed by atoms with E-state index in [2.05, 4.69) is 17.4 Å². The van der Waals surface area contributed by atoms with Gasteiger partial charge in [-0.1, -0.05) is 30.3 Å². The molecule has 2 aromatic carbocycles. The summed E-state index contributed by atoms with van der Waals surface area (Å²) in [5.74, 6) is 1.42. The summed E-state index contributed by atoms with van der Waals surface area (Å²) in [6.45, 7) is 3.58. The molecule has 1 saturated carbocycles. The van der Waals surface area contributed by atoms with E-state index in [1.165, 1.54) is 0 Å². The maximum absolute atomic E-state index is 13.4. The molecule has 2 aromatic rings. The van der Waals surface area contributed by atoms with Gasteiger partial charge in [0.25, 0.3) is 5.91 Å². The molecule has 7 nitrogen and oxygen atoms in total. The van der Waals surface area contributed by atoms with Crippen LogP contribution < -0.4 is 14.8 Å². The highest BCUT2D eigenvalue weighted by molar-refractivity contribution is 5.82. The molecule has 1 aliphatic carbocycles. The van der Waals surface area contributed by atoms with Crippen LogP contribution in [0.3, 0.4) is 0 Å².